The molecule has 1 fully saturated rings. The van der Waals surface area contributed by atoms with Crippen LogP contribution >= 0.6 is 0 Å². The molecule has 0 spiro atoms. The summed E-state index contributed by atoms with van der Waals surface area (Å²) in [6.45, 7) is 3.64. The zero-order valence-corrected chi connectivity index (χ0v) is 24.9. The number of hydrogen-bond acceptors (Lipinski definition) is 6. The van der Waals surface area contributed by atoms with Crippen molar-refractivity contribution in [3.63, 3.8) is 0 Å². The van der Waals surface area contributed by atoms with Crippen molar-refractivity contribution < 1.29 is 55.6 Å². The lowest BCUT2D eigenvalue weighted by Gasteiger charge is -2.35. The van der Waals surface area contributed by atoms with Gasteiger partial charge in [-0.25, -0.2) is 9.59 Å². The molecule has 250 valence electrons. The molecule has 0 aliphatic carbocycles. The highest BCUT2D eigenvalue weighted by molar-refractivity contribution is 5.92. The van der Waals surface area contributed by atoms with E-state index >= 15 is 0 Å². The number of ether oxygens (including phenoxy) is 2. The predicted molar refractivity (Wildman–Crippen MR) is 162 cm³/mol. The van der Waals surface area contributed by atoms with E-state index in [1.807, 2.05) is 4.90 Å². The zero-order chi connectivity index (χ0) is 34.4. The van der Waals surface area contributed by atoms with Gasteiger partial charge in [0.25, 0.3) is 0 Å². The second-order valence-corrected chi connectivity index (χ2v) is 11.2. The van der Waals surface area contributed by atoms with E-state index in [2.05, 4.69) is 4.90 Å². The van der Waals surface area contributed by atoms with Crippen LogP contribution in [0.5, 0.6) is 11.5 Å². The summed E-state index contributed by atoms with van der Waals surface area (Å²) in [6, 6.07) is 15.4. The van der Waals surface area contributed by atoms with Gasteiger partial charge in [-0.15, -0.1) is 0 Å². The molecule has 0 unspecified atom stereocenters. The molecule has 0 aromatic heterocycles. The number of alkyl halides is 6. The summed E-state index contributed by atoms with van der Waals surface area (Å²) >= 11 is 0. The highest BCUT2D eigenvalue weighted by atomic mass is 19.4. The Morgan fingerprint density at radius 1 is 0.625 bits per heavy atom. The maximum absolute atomic E-state index is 13.8. The molecule has 2 aliphatic rings. The number of carboxylic acids is 2. The number of fused-ring (bicyclic) bond motifs is 2. The minimum Gasteiger partial charge on any atom is -0.478 e. The lowest BCUT2D eigenvalue weighted by molar-refractivity contribution is -0.138. The topological polar surface area (TPSA) is 99.5 Å². The first kappa shape index (κ1) is 32.8. The zero-order valence-electron chi connectivity index (χ0n) is 24.9. The molecule has 0 radical (unpaired) electrons. The number of benzene rings is 4. The smallest absolute Gasteiger partial charge is 0.417 e. The van der Waals surface area contributed by atoms with Crippen LogP contribution in [0.1, 0.15) is 31.8 Å². The van der Waals surface area contributed by atoms with Crippen molar-refractivity contribution in [3.8, 4) is 33.8 Å². The van der Waals surface area contributed by atoms with Gasteiger partial charge >= 0.3 is 24.3 Å². The van der Waals surface area contributed by atoms with Crippen molar-refractivity contribution in [2.75, 3.05) is 44.3 Å². The predicted octanol–water partition coefficient (Wildman–Crippen LogP) is 8.03. The molecule has 1 saturated heterocycles. The number of carbonyl (C=O) groups is 2. The Bertz CT molecular complexity index is 1780. The summed E-state index contributed by atoms with van der Waals surface area (Å²) in [6.07, 6.45) is -9.84. The van der Waals surface area contributed by atoms with Gasteiger partial charge in [0, 0.05) is 26.2 Å². The summed E-state index contributed by atoms with van der Waals surface area (Å²) in [7, 11) is 0. The quantitative estimate of drug-likeness (QED) is 0.191. The van der Waals surface area contributed by atoms with E-state index in [1.54, 1.807) is 24.3 Å². The van der Waals surface area contributed by atoms with Gasteiger partial charge in [0.1, 0.15) is 0 Å². The standard InChI is InChI=1S/C34H26F6N2O6/c35-33(36,37)25-15-19(1-5-23(25)31(43)44)21-3-7-27-29(17-21)48-30-18-22(20-2-6-24(32(45)46)26(16-20)34(38,39)40)4-8-28(30)42(27)10-9-41-11-13-47-14-12-41/h1-8,15-18H,9-14H2,(H,43,44)(H,45,46). The van der Waals surface area contributed by atoms with Crippen LogP contribution in [0.25, 0.3) is 22.3 Å². The first-order valence-electron chi connectivity index (χ1n) is 14.6. The summed E-state index contributed by atoms with van der Waals surface area (Å²) in [4.78, 5) is 27.1. The Kier molecular flexibility index (Phi) is 8.56. The number of rotatable bonds is 7. The Labute approximate surface area is 269 Å². The third-order valence-corrected chi connectivity index (χ3v) is 8.24. The van der Waals surface area contributed by atoms with Crippen LogP contribution in [0.2, 0.25) is 0 Å². The van der Waals surface area contributed by atoms with Crippen LogP contribution in [-0.4, -0.2) is 66.4 Å². The maximum Gasteiger partial charge on any atom is 0.417 e. The molecule has 48 heavy (non-hydrogen) atoms. The van der Waals surface area contributed by atoms with E-state index in [0.29, 0.717) is 61.9 Å². The Hall–Kier alpha value is -5.08. The number of nitrogens with zero attached hydrogens (tertiary/aromatic N) is 2. The third-order valence-electron chi connectivity index (χ3n) is 8.24. The van der Waals surface area contributed by atoms with E-state index in [-0.39, 0.29) is 22.6 Å². The van der Waals surface area contributed by atoms with E-state index in [9.17, 15) is 46.1 Å². The van der Waals surface area contributed by atoms with Gasteiger partial charge in [-0.05, 0) is 70.8 Å². The van der Waals surface area contributed by atoms with Crippen LogP contribution in [0.15, 0.2) is 72.8 Å². The fraction of sp³-hybridized carbons (Fsp3) is 0.235. The van der Waals surface area contributed by atoms with Crippen LogP contribution < -0.4 is 9.64 Å². The SMILES string of the molecule is O=C(O)c1ccc(-c2ccc3c(c2)Oc2cc(-c4ccc(C(=O)O)c(C(F)(F)F)c4)ccc2N3CCN2CCOCC2)cc1C(F)(F)F. The van der Waals surface area contributed by atoms with E-state index in [4.69, 9.17) is 9.47 Å². The van der Waals surface area contributed by atoms with Crippen LogP contribution in [-0.2, 0) is 17.1 Å². The molecule has 8 nitrogen and oxygen atoms in total. The number of morpholine rings is 1. The van der Waals surface area contributed by atoms with Crippen LogP contribution in [0.3, 0.4) is 0 Å². The van der Waals surface area contributed by atoms with Crippen LogP contribution in [0.4, 0.5) is 37.7 Å². The lowest BCUT2D eigenvalue weighted by Crippen LogP contribution is -2.41. The second kappa shape index (κ2) is 12.5. The molecule has 2 N–H and O–H groups in total. The second-order valence-electron chi connectivity index (χ2n) is 11.2. The van der Waals surface area contributed by atoms with E-state index < -0.39 is 46.5 Å². The van der Waals surface area contributed by atoms with Gasteiger partial charge in [0.2, 0.25) is 0 Å². The van der Waals surface area contributed by atoms with Crippen molar-refractivity contribution in [1.29, 1.82) is 0 Å². The molecule has 2 aliphatic heterocycles. The Balaban J connectivity index is 1.41. The number of hydrogen-bond donors (Lipinski definition) is 2. The summed E-state index contributed by atoms with van der Waals surface area (Å²) in [5, 5.41) is 18.6. The average molecular weight is 673 g/mol. The normalized spacial score (nSPS) is 15.0. The highest BCUT2D eigenvalue weighted by Gasteiger charge is 2.37. The molecule has 0 saturated carbocycles. The minimum absolute atomic E-state index is 0.0938. The molecule has 4 aromatic carbocycles. The number of carboxylic acid groups (broad SMARTS) is 2. The molecular formula is C34H26F6N2O6. The largest absolute Gasteiger partial charge is 0.478 e. The minimum atomic E-state index is -4.92. The van der Waals surface area contributed by atoms with Crippen molar-refractivity contribution in [2.45, 2.75) is 12.4 Å². The van der Waals surface area contributed by atoms with Crippen molar-refractivity contribution in [3.05, 3.63) is 95.1 Å². The molecule has 6 rings (SSSR count). The third kappa shape index (κ3) is 6.53. The van der Waals surface area contributed by atoms with Gasteiger partial charge < -0.3 is 24.6 Å². The maximum atomic E-state index is 13.8. The fourth-order valence-corrected chi connectivity index (χ4v) is 5.84. The summed E-state index contributed by atoms with van der Waals surface area (Å²) < 4.78 is 94.3. The monoisotopic (exact) mass is 672 g/mol. The fourth-order valence-electron chi connectivity index (χ4n) is 5.84. The van der Waals surface area contributed by atoms with Gasteiger partial charge in [-0.2, -0.15) is 26.3 Å². The average Bonchev–Trinajstić information content (AvgIpc) is 3.05. The van der Waals surface area contributed by atoms with E-state index in [0.717, 1.165) is 24.3 Å². The molecule has 2 heterocycles. The highest BCUT2D eigenvalue weighted by Crippen LogP contribution is 2.49. The molecule has 14 heteroatoms. The molecule has 0 atom stereocenters. The first-order valence-corrected chi connectivity index (χ1v) is 14.6. The van der Waals surface area contributed by atoms with Crippen molar-refractivity contribution in [2.24, 2.45) is 0 Å². The number of anilines is 2. The molecule has 0 amide bonds. The van der Waals surface area contributed by atoms with Crippen molar-refractivity contribution in [1.82, 2.24) is 4.90 Å². The van der Waals surface area contributed by atoms with Gasteiger partial charge in [-0.1, -0.05) is 24.3 Å². The van der Waals surface area contributed by atoms with Gasteiger partial charge in [0.15, 0.2) is 11.5 Å². The number of aromatic carboxylic acids is 2. The molecule has 4 aromatic rings. The summed E-state index contributed by atoms with van der Waals surface area (Å²) in [5.41, 5.74) is -2.40. The van der Waals surface area contributed by atoms with Gasteiger partial charge in [0.05, 0.1) is 46.8 Å². The molecular weight excluding hydrogens is 646 g/mol. The van der Waals surface area contributed by atoms with Gasteiger partial charge in [-0.3, -0.25) is 4.90 Å². The summed E-state index contributed by atoms with van der Waals surface area (Å²) in [5.74, 6) is -2.92. The first-order chi connectivity index (χ1) is 22.7. The Morgan fingerprint density at radius 3 is 1.46 bits per heavy atom. The Morgan fingerprint density at radius 2 is 1.04 bits per heavy atom. The van der Waals surface area contributed by atoms with E-state index in [1.165, 1.54) is 24.3 Å². The molecule has 0 bridgehead atoms. The lowest BCUT2D eigenvalue weighted by atomic mass is 9.97. The van der Waals surface area contributed by atoms with Crippen molar-refractivity contribution >= 4 is 23.3 Å². The van der Waals surface area contributed by atoms with Crippen LogP contribution in [0, 0.1) is 0 Å². The number of halogens is 6.